The topological polar surface area (TPSA) is 47.8 Å². The summed E-state index contributed by atoms with van der Waals surface area (Å²) in [6, 6.07) is 6.03. The van der Waals surface area contributed by atoms with Gasteiger partial charge in [-0.3, -0.25) is 14.3 Å². The molecule has 1 aromatic carbocycles. The van der Waals surface area contributed by atoms with Crippen LogP contribution in [0.1, 0.15) is 12.2 Å². The third-order valence-corrected chi connectivity index (χ3v) is 4.16. The summed E-state index contributed by atoms with van der Waals surface area (Å²) in [5, 5.41) is 0.778. The van der Waals surface area contributed by atoms with Crippen LogP contribution in [0.5, 0.6) is 0 Å². The van der Waals surface area contributed by atoms with Crippen LogP contribution in [0, 0.1) is 5.82 Å². The van der Waals surface area contributed by atoms with Crippen LogP contribution in [0.4, 0.5) is 4.39 Å². The standard InChI is InChI=1S/C16H11ClFN3O/c17-9-3-4-10(12(18)8-9)14-15-11(5-6-19-14)16(22)21-7-1-2-13(21)20-15/h3-6,8H,1-2,7H2. The molecule has 4 rings (SSSR count). The minimum Gasteiger partial charge on any atom is -0.296 e. The number of aromatic nitrogens is 3. The SMILES string of the molecule is O=c1c2ccnc(-c3ccc(Cl)cc3F)c2nc2n1CCC2. The van der Waals surface area contributed by atoms with Crippen molar-refractivity contribution < 1.29 is 4.39 Å². The minimum atomic E-state index is -0.477. The summed E-state index contributed by atoms with van der Waals surface area (Å²) >= 11 is 5.80. The third-order valence-electron chi connectivity index (χ3n) is 3.92. The largest absolute Gasteiger partial charge is 0.296 e. The number of nitrogens with zero attached hydrogens (tertiary/aromatic N) is 3. The molecule has 0 radical (unpaired) electrons. The van der Waals surface area contributed by atoms with Gasteiger partial charge in [-0.2, -0.15) is 0 Å². The van der Waals surface area contributed by atoms with Crippen LogP contribution in [0.25, 0.3) is 22.2 Å². The molecule has 3 heterocycles. The van der Waals surface area contributed by atoms with E-state index in [0.717, 1.165) is 18.7 Å². The van der Waals surface area contributed by atoms with Crippen LogP contribution in [0.3, 0.4) is 0 Å². The first kappa shape index (κ1) is 13.4. The van der Waals surface area contributed by atoms with Gasteiger partial charge in [-0.15, -0.1) is 0 Å². The van der Waals surface area contributed by atoms with E-state index < -0.39 is 5.82 Å². The Bertz CT molecular complexity index is 967. The molecule has 0 unspecified atom stereocenters. The molecule has 4 nitrogen and oxygen atoms in total. The van der Waals surface area contributed by atoms with Crippen molar-refractivity contribution in [3.63, 3.8) is 0 Å². The van der Waals surface area contributed by atoms with Crippen molar-refractivity contribution in [2.45, 2.75) is 19.4 Å². The molecule has 0 amide bonds. The Morgan fingerprint density at radius 2 is 2.14 bits per heavy atom. The molecule has 110 valence electrons. The third kappa shape index (κ3) is 1.93. The Kier molecular flexibility index (Phi) is 2.97. The van der Waals surface area contributed by atoms with Crippen molar-refractivity contribution >= 4 is 22.5 Å². The van der Waals surface area contributed by atoms with E-state index in [9.17, 15) is 9.18 Å². The summed E-state index contributed by atoms with van der Waals surface area (Å²) in [5.74, 6) is 0.260. The second-order valence-electron chi connectivity index (χ2n) is 5.27. The quantitative estimate of drug-likeness (QED) is 0.693. The average Bonchev–Trinajstić information content (AvgIpc) is 2.96. The molecule has 0 N–H and O–H groups in total. The van der Waals surface area contributed by atoms with E-state index in [1.165, 1.54) is 12.3 Å². The van der Waals surface area contributed by atoms with Gasteiger partial charge < -0.3 is 0 Å². The first-order chi connectivity index (χ1) is 10.6. The Hall–Kier alpha value is -2.27. The van der Waals surface area contributed by atoms with E-state index in [0.29, 0.717) is 33.7 Å². The molecule has 0 spiro atoms. The maximum absolute atomic E-state index is 14.2. The molecule has 0 aliphatic carbocycles. The summed E-state index contributed by atoms with van der Waals surface area (Å²) in [6.07, 6.45) is 3.16. The van der Waals surface area contributed by atoms with E-state index in [2.05, 4.69) is 9.97 Å². The summed E-state index contributed by atoms with van der Waals surface area (Å²) in [7, 11) is 0. The van der Waals surface area contributed by atoms with Crippen molar-refractivity contribution in [1.82, 2.24) is 14.5 Å². The number of hydrogen-bond donors (Lipinski definition) is 0. The number of aryl methyl sites for hydroxylation is 1. The molecular weight excluding hydrogens is 305 g/mol. The molecule has 6 heteroatoms. The molecule has 0 bridgehead atoms. The van der Waals surface area contributed by atoms with Crippen LogP contribution in [-0.4, -0.2) is 14.5 Å². The Morgan fingerprint density at radius 1 is 1.27 bits per heavy atom. The number of halogens is 2. The summed E-state index contributed by atoms with van der Waals surface area (Å²) in [4.78, 5) is 21.3. The highest BCUT2D eigenvalue weighted by Gasteiger charge is 2.19. The molecular formula is C16H11ClFN3O. The zero-order chi connectivity index (χ0) is 15.3. The van der Waals surface area contributed by atoms with Gasteiger partial charge >= 0.3 is 0 Å². The molecule has 0 saturated heterocycles. The number of rotatable bonds is 1. The predicted molar refractivity (Wildman–Crippen MR) is 82.5 cm³/mol. The minimum absolute atomic E-state index is 0.0875. The van der Waals surface area contributed by atoms with Crippen molar-refractivity contribution in [1.29, 1.82) is 0 Å². The Balaban J connectivity index is 2.07. The average molecular weight is 316 g/mol. The normalized spacial score (nSPS) is 13.5. The number of fused-ring (bicyclic) bond motifs is 2. The fourth-order valence-electron chi connectivity index (χ4n) is 2.89. The highest BCUT2D eigenvalue weighted by Crippen LogP contribution is 2.28. The second kappa shape index (κ2) is 4.88. The van der Waals surface area contributed by atoms with Gasteiger partial charge in [0.15, 0.2) is 0 Å². The van der Waals surface area contributed by atoms with Gasteiger partial charge in [-0.1, -0.05) is 11.6 Å². The van der Waals surface area contributed by atoms with E-state index >= 15 is 0 Å². The van der Waals surface area contributed by atoms with Crippen molar-refractivity contribution in [3.05, 3.63) is 57.5 Å². The summed E-state index contributed by atoms with van der Waals surface area (Å²) in [5.41, 5.74) is 1.03. The first-order valence-electron chi connectivity index (χ1n) is 6.99. The van der Waals surface area contributed by atoms with E-state index in [-0.39, 0.29) is 5.56 Å². The molecule has 2 aromatic heterocycles. The lowest BCUT2D eigenvalue weighted by Crippen LogP contribution is -2.21. The van der Waals surface area contributed by atoms with Gasteiger partial charge in [-0.05, 0) is 30.7 Å². The molecule has 0 saturated carbocycles. The zero-order valence-electron chi connectivity index (χ0n) is 11.5. The fraction of sp³-hybridized carbons (Fsp3) is 0.188. The van der Waals surface area contributed by atoms with E-state index in [4.69, 9.17) is 11.6 Å². The van der Waals surface area contributed by atoms with Crippen LogP contribution in [-0.2, 0) is 13.0 Å². The maximum atomic E-state index is 14.2. The lowest BCUT2D eigenvalue weighted by atomic mass is 10.1. The smallest absolute Gasteiger partial charge is 0.261 e. The Morgan fingerprint density at radius 3 is 2.95 bits per heavy atom. The fourth-order valence-corrected chi connectivity index (χ4v) is 3.05. The molecule has 1 aliphatic heterocycles. The molecule has 3 aromatic rings. The zero-order valence-corrected chi connectivity index (χ0v) is 12.3. The van der Waals surface area contributed by atoms with Gasteiger partial charge in [0.25, 0.3) is 5.56 Å². The predicted octanol–water partition coefficient (Wildman–Crippen LogP) is 3.20. The summed E-state index contributed by atoms with van der Waals surface area (Å²) in [6.45, 7) is 0.685. The van der Waals surface area contributed by atoms with Crippen molar-refractivity contribution in [2.24, 2.45) is 0 Å². The molecule has 22 heavy (non-hydrogen) atoms. The van der Waals surface area contributed by atoms with Crippen molar-refractivity contribution in [2.75, 3.05) is 0 Å². The lowest BCUT2D eigenvalue weighted by molar-refractivity contribution is 0.631. The van der Waals surface area contributed by atoms with Crippen LogP contribution in [0.15, 0.2) is 35.3 Å². The van der Waals surface area contributed by atoms with Gasteiger partial charge in [0.2, 0.25) is 0 Å². The van der Waals surface area contributed by atoms with Crippen molar-refractivity contribution in [3.8, 4) is 11.3 Å². The van der Waals surface area contributed by atoms with Gasteiger partial charge in [-0.25, -0.2) is 9.37 Å². The monoisotopic (exact) mass is 315 g/mol. The van der Waals surface area contributed by atoms with E-state index in [1.807, 2.05) is 0 Å². The second-order valence-corrected chi connectivity index (χ2v) is 5.70. The van der Waals surface area contributed by atoms with Crippen LogP contribution >= 0.6 is 11.6 Å². The number of hydrogen-bond acceptors (Lipinski definition) is 3. The first-order valence-corrected chi connectivity index (χ1v) is 7.37. The maximum Gasteiger partial charge on any atom is 0.261 e. The number of benzene rings is 1. The molecule has 0 fully saturated rings. The van der Waals surface area contributed by atoms with Gasteiger partial charge in [0, 0.05) is 29.7 Å². The van der Waals surface area contributed by atoms with Crippen LogP contribution < -0.4 is 5.56 Å². The van der Waals surface area contributed by atoms with Crippen LogP contribution in [0.2, 0.25) is 5.02 Å². The van der Waals surface area contributed by atoms with E-state index in [1.54, 1.807) is 22.8 Å². The highest BCUT2D eigenvalue weighted by molar-refractivity contribution is 6.30. The Labute approximate surface area is 130 Å². The number of pyridine rings is 1. The molecule has 0 atom stereocenters. The van der Waals surface area contributed by atoms with Gasteiger partial charge in [0.05, 0.1) is 11.1 Å². The summed E-state index contributed by atoms with van der Waals surface area (Å²) < 4.78 is 15.9. The van der Waals surface area contributed by atoms with Gasteiger partial charge in [0.1, 0.15) is 17.2 Å². The molecule has 1 aliphatic rings. The lowest BCUT2D eigenvalue weighted by Gasteiger charge is -2.09. The highest BCUT2D eigenvalue weighted by atomic mass is 35.5.